The van der Waals surface area contributed by atoms with Crippen molar-refractivity contribution in [3.05, 3.63) is 69.1 Å². The summed E-state index contributed by atoms with van der Waals surface area (Å²) >= 11 is 6.98. The van der Waals surface area contributed by atoms with E-state index in [1.807, 2.05) is 61.5 Å². The van der Waals surface area contributed by atoms with Crippen LogP contribution < -0.4 is 14.9 Å². The number of fused-ring (bicyclic) bond motifs is 1. The molecule has 0 spiro atoms. The molecule has 7 heteroatoms. The summed E-state index contributed by atoms with van der Waals surface area (Å²) in [4.78, 5) is 12.1. The highest BCUT2D eigenvalue weighted by atomic mass is 79.9. The number of ether oxygens (including phenoxy) is 2. The summed E-state index contributed by atoms with van der Waals surface area (Å²) in [7, 11) is 0. The third kappa shape index (κ3) is 5.81. The van der Waals surface area contributed by atoms with Gasteiger partial charge in [-0.2, -0.15) is 5.10 Å². The zero-order chi connectivity index (χ0) is 20.6. The first-order valence-corrected chi connectivity index (χ1v) is 10.7. The second-order valence-corrected chi connectivity index (χ2v) is 7.92. The SMILES string of the molecule is CCCOc1ccc(Br)cc1/C=N\NC(=O)COc1ccc2ccccc2c1Br. The fourth-order valence-corrected chi connectivity index (χ4v) is 3.62. The van der Waals surface area contributed by atoms with Gasteiger partial charge in [0, 0.05) is 10.0 Å². The second-order valence-electron chi connectivity index (χ2n) is 6.21. The van der Waals surface area contributed by atoms with Crippen LogP contribution in [0.3, 0.4) is 0 Å². The molecule has 3 aromatic carbocycles. The summed E-state index contributed by atoms with van der Waals surface area (Å²) in [6.45, 7) is 2.51. The van der Waals surface area contributed by atoms with Crippen LogP contribution in [0.25, 0.3) is 10.8 Å². The highest BCUT2D eigenvalue weighted by Gasteiger charge is 2.08. The molecule has 0 aliphatic heterocycles. The van der Waals surface area contributed by atoms with Crippen molar-refractivity contribution < 1.29 is 14.3 Å². The largest absolute Gasteiger partial charge is 0.493 e. The Morgan fingerprint density at radius 2 is 1.86 bits per heavy atom. The highest BCUT2D eigenvalue weighted by molar-refractivity contribution is 9.11. The van der Waals surface area contributed by atoms with Crippen molar-refractivity contribution in [2.24, 2.45) is 5.10 Å². The predicted octanol–water partition coefficient (Wildman–Crippen LogP) is 5.68. The van der Waals surface area contributed by atoms with E-state index in [-0.39, 0.29) is 12.5 Å². The minimum Gasteiger partial charge on any atom is -0.493 e. The first-order chi connectivity index (χ1) is 14.1. The molecule has 0 unspecified atom stereocenters. The fraction of sp³-hybridized carbons (Fsp3) is 0.182. The normalized spacial score (nSPS) is 11.0. The molecule has 0 heterocycles. The molecule has 3 aromatic rings. The van der Waals surface area contributed by atoms with E-state index in [9.17, 15) is 4.79 Å². The van der Waals surface area contributed by atoms with Gasteiger partial charge in [-0.05, 0) is 57.4 Å². The van der Waals surface area contributed by atoms with E-state index >= 15 is 0 Å². The van der Waals surface area contributed by atoms with Crippen molar-refractivity contribution in [3.8, 4) is 11.5 Å². The monoisotopic (exact) mass is 518 g/mol. The van der Waals surface area contributed by atoms with E-state index in [4.69, 9.17) is 9.47 Å². The lowest BCUT2D eigenvalue weighted by Crippen LogP contribution is -2.24. The van der Waals surface area contributed by atoms with E-state index in [2.05, 4.69) is 42.4 Å². The average molecular weight is 520 g/mol. The summed E-state index contributed by atoms with van der Waals surface area (Å²) < 4.78 is 13.1. The number of benzene rings is 3. The molecule has 5 nitrogen and oxygen atoms in total. The number of rotatable bonds is 8. The van der Waals surface area contributed by atoms with E-state index in [0.717, 1.165) is 31.7 Å². The van der Waals surface area contributed by atoms with Crippen molar-refractivity contribution in [2.45, 2.75) is 13.3 Å². The summed E-state index contributed by atoms with van der Waals surface area (Å²) in [6, 6.07) is 17.4. The maximum atomic E-state index is 12.1. The molecule has 0 radical (unpaired) electrons. The van der Waals surface area contributed by atoms with Crippen LogP contribution in [0.1, 0.15) is 18.9 Å². The molecule has 0 saturated carbocycles. The van der Waals surface area contributed by atoms with Gasteiger partial charge in [0.2, 0.25) is 0 Å². The van der Waals surface area contributed by atoms with Crippen molar-refractivity contribution in [2.75, 3.05) is 13.2 Å². The number of carbonyl (C=O) groups is 1. The Morgan fingerprint density at radius 1 is 1.07 bits per heavy atom. The Hall–Kier alpha value is -2.38. The standard InChI is InChI=1S/C22H20Br2N2O3/c1-2-11-28-19-10-8-17(23)12-16(19)13-25-26-21(27)14-29-20-9-7-15-5-3-4-6-18(15)22(20)24/h3-10,12-13H,2,11,14H2,1H3,(H,26,27)/b25-13-. The number of nitrogens with one attached hydrogen (secondary N) is 1. The molecule has 1 amide bonds. The van der Waals surface area contributed by atoms with Gasteiger partial charge in [-0.3, -0.25) is 4.79 Å². The van der Waals surface area contributed by atoms with Crippen LogP contribution in [-0.2, 0) is 4.79 Å². The van der Waals surface area contributed by atoms with E-state index in [1.165, 1.54) is 0 Å². The predicted molar refractivity (Wildman–Crippen MR) is 123 cm³/mol. The zero-order valence-electron chi connectivity index (χ0n) is 15.8. The number of carbonyl (C=O) groups excluding carboxylic acids is 1. The maximum Gasteiger partial charge on any atom is 0.277 e. The minimum atomic E-state index is -0.354. The minimum absolute atomic E-state index is 0.147. The van der Waals surface area contributed by atoms with Gasteiger partial charge >= 0.3 is 0 Å². The molecule has 0 aromatic heterocycles. The Morgan fingerprint density at radius 3 is 2.69 bits per heavy atom. The van der Waals surface area contributed by atoms with Crippen LogP contribution in [-0.4, -0.2) is 25.3 Å². The second kappa shape index (κ2) is 10.4. The molecule has 150 valence electrons. The number of nitrogens with zero attached hydrogens (tertiary/aromatic N) is 1. The van der Waals surface area contributed by atoms with Crippen LogP contribution in [0.5, 0.6) is 11.5 Å². The van der Waals surface area contributed by atoms with Crippen LogP contribution >= 0.6 is 31.9 Å². The first kappa shape index (κ1) is 21.3. The van der Waals surface area contributed by atoms with E-state index in [0.29, 0.717) is 18.1 Å². The van der Waals surface area contributed by atoms with Crippen LogP contribution in [0.15, 0.2) is 68.6 Å². The molecule has 0 aliphatic rings. The molecule has 0 bridgehead atoms. The van der Waals surface area contributed by atoms with Gasteiger partial charge in [-0.15, -0.1) is 0 Å². The van der Waals surface area contributed by atoms with Gasteiger partial charge < -0.3 is 9.47 Å². The Kier molecular flexibility index (Phi) is 7.66. The average Bonchev–Trinajstić information content (AvgIpc) is 2.73. The summed E-state index contributed by atoms with van der Waals surface area (Å²) in [5, 5.41) is 6.14. The van der Waals surface area contributed by atoms with Crippen molar-refractivity contribution >= 4 is 54.8 Å². The fourth-order valence-electron chi connectivity index (χ4n) is 2.64. The Labute approximate surface area is 186 Å². The zero-order valence-corrected chi connectivity index (χ0v) is 19.0. The van der Waals surface area contributed by atoms with Gasteiger partial charge in [0.25, 0.3) is 5.91 Å². The van der Waals surface area contributed by atoms with Crippen molar-refractivity contribution in [3.63, 3.8) is 0 Å². The molecule has 3 rings (SSSR count). The smallest absolute Gasteiger partial charge is 0.277 e. The summed E-state index contributed by atoms with van der Waals surface area (Å²) in [5.41, 5.74) is 3.25. The third-order valence-electron chi connectivity index (χ3n) is 4.01. The molecule has 0 atom stereocenters. The molecule has 0 aliphatic carbocycles. The van der Waals surface area contributed by atoms with Gasteiger partial charge in [-0.1, -0.05) is 53.2 Å². The summed E-state index contributed by atoms with van der Waals surface area (Å²) in [5.74, 6) is 0.960. The van der Waals surface area contributed by atoms with Crippen LogP contribution in [0.2, 0.25) is 0 Å². The number of hydrogen-bond acceptors (Lipinski definition) is 4. The first-order valence-electron chi connectivity index (χ1n) is 9.12. The lowest BCUT2D eigenvalue weighted by atomic mass is 10.1. The quantitative estimate of drug-likeness (QED) is 0.307. The third-order valence-corrected chi connectivity index (χ3v) is 5.32. The highest BCUT2D eigenvalue weighted by Crippen LogP contribution is 2.32. The van der Waals surface area contributed by atoms with E-state index in [1.54, 1.807) is 6.21 Å². The number of hydrazone groups is 1. The summed E-state index contributed by atoms with van der Waals surface area (Å²) in [6.07, 6.45) is 2.46. The number of hydrogen-bond donors (Lipinski definition) is 1. The Balaban J connectivity index is 1.59. The van der Waals surface area contributed by atoms with Crippen LogP contribution in [0, 0.1) is 0 Å². The Bertz CT molecular complexity index is 1040. The lowest BCUT2D eigenvalue weighted by molar-refractivity contribution is -0.123. The van der Waals surface area contributed by atoms with Gasteiger partial charge in [0.05, 0.1) is 17.3 Å². The van der Waals surface area contributed by atoms with Gasteiger partial charge in [-0.25, -0.2) is 5.43 Å². The number of amides is 1. The number of halogens is 2. The van der Waals surface area contributed by atoms with E-state index < -0.39 is 0 Å². The molecule has 0 fully saturated rings. The van der Waals surface area contributed by atoms with Crippen molar-refractivity contribution in [1.82, 2.24) is 5.43 Å². The molecular weight excluding hydrogens is 500 g/mol. The maximum absolute atomic E-state index is 12.1. The molecular formula is C22H20Br2N2O3. The molecule has 29 heavy (non-hydrogen) atoms. The lowest BCUT2D eigenvalue weighted by Gasteiger charge is -2.10. The van der Waals surface area contributed by atoms with Crippen molar-refractivity contribution in [1.29, 1.82) is 0 Å². The topological polar surface area (TPSA) is 59.9 Å². The molecule has 0 saturated heterocycles. The van der Waals surface area contributed by atoms with Gasteiger partial charge in [0.1, 0.15) is 11.5 Å². The molecule has 1 N–H and O–H groups in total. The van der Waals surface area contributed by atoms with Crippen LogP contribution in [0.4, 0.5) is 0 Å². The van der Waals surface area contributed by atoms with Gasteiger partial charge in [0.15, 0.2) is 6.61 Å².